The monoisotopic (exact) mass is 640 g/mol. The zero-order chi connectivity index (χ0) is 32.4. The maximum Gasteiger partial charge on any atom is 0.342 e. The summed E-state index contributed by atoms with van der Waals surface area (Å²) in [5.74, 6) is -0.302. The maximum absolute atomic E-state index is 13.7. The van der Waals surface area contributed by atoms with E-state index in [0.717, 1.165) is 12.2 Å². The van der Waals surface area contributed by atoms with Crippen molar-refractivity contribution in [2.45, 2.75) is 70.7 Å². The van der Waals surface area contributed by atoms with Crippen LogP contribution in [0.5, 0.6) is 11.5 Å². The minimum Gasteiger partial charge on any atom is -0.493 e. The van der Waals surface area contributed by atoms with Gasteiger partial charge in [0.15, 0.2) is 12.6 Å². The molecule has 4 rings (SSSR count). The number of hydrogen-bond acceptors (Lipinski definition) is 10. The number of thioether (sulfide) groups is 1. The van der Waals surface area contributed by atoms with E-state index in [9.17, 15) is 9.59 Å². The molecule has 0 bridgehead atoms. The molecule has 1 saturated heterocycles. The van der Waals surface area contributed by atoms with E-state index < -0.39 is 42.1 Å². The molecule has 0 aromatic heterocycles. The van der Waals surface area contributed by atoms with Crippen LogP contribution in [-0.4, -0.2) is 74.7 Å². The fourth-order valence-electron chi connectivity index (χ4n) is 5.08. The molecular weight excluding hydrogens is 596 g/mol. The summed E-state index contributed by atoms with van der Waals surface area (Å²) < 4.78 is 41.7. The lowest BCUT2D eigenvalue weighted by atomic mass is 9.98. The van der Waals surface area contributed by atoms with E-state index in [1.807, 2.05) is 58.1 Å². The highest BCUT2D eigenvalue weighted by Gasteiger charge is 2.45. The number of rotatable bonds is 10. The van der Waals surface area contributed by atoms with E-state index in [2.05, 4.69) is 6.26 Å². The second-order valence-corrected chi connectivity index (χ2v) is 12.5. The van der Waals surface area contributed by atoms with E-state index >= 15 is 0 Å². The highest BCUT2D eigenvalue weighted by Crippen LogP contribution is 2.36. The molecule has 45 heavy (non-hydrogen) atoms. The van der Waals surface area contributed by atoms with E-state index in [1.54, 1.807) is 48.2 Å². The highest BCUT2D eigenvalue weighted by atomic mass is 32.2. The van der Waals surface area contributed by atoms with Gasteiger partial charge in [-0.1, -0.05) is 43.4 Å². The first-order chi connectivity index (χ1) is 21.6. The van der Waals surface area contributed by atoms with Crippen molar-refractivity contribution in [3.63, 3.8) is 0 Å². The molecule has 2 unspecified atom stereocenters. The lowest BCUT2D eigenvalue weighted by Crippen LogP contribution is -2.37. The number of carbonyl (C=O) groups is 2. The van der Waals surface area contributed by atoms with Gasteiger partial charge in [-0.15, -0.1) is 0 Å². The van der Waals surface area contributed by atoms with Crippen molar-refractivity contribution >= 4 is 29.8 Å². The standard InChI is InChI=1S/C35H44O9S/c1-23-16-17-28(42-33(36)25-12-8-7-9-13-25)32-29(43-35(3,4)44-32)15-10-14-26-20-27(39-18-11-19-45-6)21-30(40-22-38-5)31(26)34(37)41-24(23)2/h7-10,12-14,16-17,20-21,23-24,28-29,32H,11,15,18-19,22H2,1-6H3/b14-10?,17-16-/t23-,24+,28?,29+,32?/m1/s1. The molecule has 5 atom stereocenters. The number of cyclic esters (lactones) is 1. The third kappa shape index (κ3) is 9.59. The van der Waals surface area contributed by atoms with Crippen LogP contribution in [0, 0.1) is 5.92 Å². The van der Waals surface area contributed by atoms with Crippen LogP contribution in [0.15, 0.2) is 60.7 Å². The molecule has 0 radical (unpaired) electrons. The van der Waals surface area contributed by atoms with Gasteiger partial charge in [-0.25, -0.2) is 9.59 Å². The topological polar surface area (TPSA) is 98.8 Å². The Hall–Kier alpha value is -3.31. The second kappa shape index (κ2) is 16.3. The van der Waals surface area contributed by atoms with Gasteiger partial charge in [-0.3, -0.25) is 0 Å². The summed E-state index contributed by atoms with van der Waals surface area (Å²) in [6, 6.07) is 12.3. The number of methoxy groups -OCH3 is 1. The Kier molecular flexibility index (Phi) is 12.5. The zero-order valence-corrected chi connectivity index (χ0v) is 27.7. The van der Waals surface area contributed by atoms with Crippen LogP contribution in [0.2, 0.25) is 0 Å². The molecule has 1 fully saturated rings. The highest BCUT2D eigenvalue weighted by molar-refractivity contribution is 7.98. The lowest BCUT2D eigenvalue weighted by molar-refractivity contribution is -0.152. The first-order valence-electron chi connectivity index (χ1n) is 15.2. The number of fused-ring (bicyclic) bond motifs is 2. The molecule has 0 N–H and O–H groups in total. The van der Waals surface area contributed by atoms with Gasteiger partial charge in [0, 0.05) is 19.1 Å². The number of benzene rings is 2. The SMILES string of the molecule is COCOc1cc(OCCCSC)cc2c1C(=O)O[C@@H](C)[C@H](C)/C=C\C(OC(=O)c1ccccc1)C1OC(C)(C)O[C@H]1CC=C2. The molecule has 2 aromatic carbocycles. The van der Waals surface area contributed by atoms with Gasteiger partial charge in [-0.2, -0.15) is 11.8 Å². The van der Waals surface area contributed by atoms with Crippen molar-refractivity contribution in [1.29, 1.82) is 0 Å². The van der Waals surface area contributed by atoms with Crippen LogP contribution in [0.3, 0.4) is 0 Å². The van der Waals surface area contributed by atoms with Crippen LogP contribution in [-0.2, 0) is 23.7 Å². The molecule has 2 aromatic rings. The molecule has 2 heterocycles. The van der Waals surface area contributed by atoms with Crippen LogP contribution in [0.4, 0.5) is 0 Å². The number of esters is 2. The van der Waals surface area contributed by atoms with E-state index in [0.29, 0.717) is 35.7 Å². The van der Waals surface area contributed by atoms with Crippen molar-refractivity contribution < 1.29 is 42.7 Å². The summed E-state index contributed by atoms with van der Waals surface area (Å²) in [6.45, 7) is 7.89. The van der Waals surface area contributed by atoms with Gasteiger partial charge in [0.05, 0.1) is 18.3 Å². The van der Waals surface area contributed by atoms with Crippen LogP contribution < -0.4 is 9.47 Å². The molecular formula is C35H44O9S. The van der Waals surface area contributed by atoms with E-state index in [4.69, 9.17) is 33.2 Å². The minimum absolute atomic E-state index is 0.0544. The van der Waals surface area contributed by atoms with Crippen molar-refractivity contribution in [3.05, 3.63) is 77.4 Å². The Morgan fingerprint density at radius 2 is 1.84 bits per heavy atom. The molecule has 2 aliphatic heterocycles. The van der Waals surface area contributed by atoms with Crippen LogP contribution >= 0.6 is 11.8 Å². The Bertz CT molecular complexity index is 1340. The zero-order valence-electron chi connectivity index (χ0n) is 26.9. The number of hydrogen-bond donors (Lipinski definition) is 0. The lowest BCUT2D eigenvalue weighted by Gasteiger charge is -2.25. The minimum atomic E-state index is -0.906. The fourth-order valence-corrected chi connectivity index (χ4v) is 5.49. The van der Waals surface area contributed by atoms with Gasteiger partial charge in [-0.05, 0) is 75.5 Å². The summed E-state index contributed by atoms with van der Waals surface area (Å²) in [4.78, 5) is 26.8. The van der Waals surface area contributed by atoms with Crippen molar-refractivity contribution in [2.24, 2.45) is 5.92 Å². The van der Waals surface area contributed by atoms with Crippen molar-refractivity contribution in [2.75, 3.05) is 32.5 Å². The predicted molar refractivity (Wildman–Crippen MR) is 174 cm³/mol. The summed E-state index contributed by atoms with van der Waals surface area (Å²) in [6.07, 6.45) is 8.44. The largest absolute Gasteiger partial charge is 0.493 e. The van der Waals surface area contributed by atoms with Crippen molar-refractivity contribution in [1.82, 2.24) is 0 Å². The maximum atomic E-state index is 13.7. The molecule has 0 aliphatic carbocycles. The Labute approximate surface area is 270 Å². The quantitative estimate of drug-likeness (QED) is 0.121. The van der Waals surface area contributed by atoms with E-state index in [-0.39, 0.29) is 18.3 Å². The number of carbonyl (C=O) groups excluding carboxylic acids is 2. The van der Waals surface area contributed by atoms with Gasteiger partial charge < -0.3 is 33.2 Å². The number of ether oxygens (including phenoxy) is 7. The third-order valence-electron chi connectivity index (χ3n) is 7.51. The summed E-state index contributed by atoms with van der Waals surface area (Å²) in [5, 5.41) is 0. The second-order valence-electron chi connectivity index (χ2n) is 11.5. The first kappa shape index (κ1) is 34.6. The molecule has 10 heteroatoms. The summed E-state index contributed by atoms with van der Waals surface area (Å²) in [7, 11) is 1.52. The third-order valence-corrected chi connectivity index (χ3v) is 8.20. The molecule has 2 aliphatic rings. The Morgan fingerprint density at radius 1 is 1.07 bits per heavy atom. The Morgan fingerprint density at radius 3 is 2.58 bits per heavy atom. The van der Waals surface area contributed by atoms with Gasteiger partial charge in [0.25, 0.3) is 0 Å². The normalized spacial score (nSPS) is 25.3. The van der Waals surface area contributed by atoms with Crippen LogP contribution in [0.1, 0.15) is 66.8 Å². The molecule has 0 amide bonds. The summed E-state index contributed by atoms with van der Waals surface area (Å²) >= 11 is 1.75. The smallest absolute Gasteiger partial charge is 0.342 e. The van der Waals surface area contributed by atoms with Gasteiger partial charge in [0.1, 0.15) is 35.4 Å². The average Bonchev–Trinajstić information content (AvgIpc) is 3.33. The van der Waals surface area contributed by atoms with Gasteiger partial charge >= 0.3 is 11.9 Å². The van der Waals surface area contributed by atoms with Gasteiger partial charge in [0.2, 0.25) is 0 Å². The fraction of sp³-hybridized carbons (Fsp3) is 0.486. The first-order valence-corrected chi connectivity index (χ1v) is 16.6. The average molecular weight is 641 g/mol. The predicted octanol–water partition coefficient (Wildman–Crippen LogP) is 6.70. The van der Waals surface area contributed by atoms with Crippen molar-refractivity contribution in [3.8, 4) is 11.5 Å². The summed E-state index contributed by atoms with van der Waals surface area (Å²) in [5.41, 5.74) is 1.28. The molecule has 0 spiro atoms. The Balaban J connectivity index is 1.72. The van der Waals surface area contributed by atoms with Crippen LogP contribution in [0.25, 0.3) is 6.08 Å². The molecule has 9 nitrogen and oxygen atoms in total. The molecule has 0 saturated carbocycles. The van der Waals surface area contributed by atoms with E-state index in [1.165, 1.54) is 7.11 Å². The molecule has 244 valence electrons.